The Morgan fingerprint density at radius 1 is 1.12 bits per heavy atom. The first-order valence-corrected chi connectivity index (χ1v) is 8.20. The van der Waals surface area contributed by atoms with Gasteiger partial charge in [-0.05, 0) is 25.0 Å². The molecule has 1 aromatic heterocycles. The van der Waals surface area contributed by atoms with Crippen molar-refractivity contribution in [2.75, 3.05) is 0 Å². The summed E-state index contributed by atoms with van der Waals surface area (Å²) in [4.78, 5) is 25.9. The summed E-state index contributed by atoms with van der Waals surface area (Å²) in [5.74, 6) is 0. The third kappa shape index (κ3) is 3.91. The first-order chi connectivity index (χ1) is 11.5. The van der Waals surface area contributed by atoms with Crippen LogP contribution in [0.2, 0.25) is 0 Å². The molecule has 1 aliphatic rings. The van der Waals surface area contributed by atoms with E-state index in [1.54, 1.807) is 0 Å². The highest BCUT2D eigenvalue weighted by Crippen LogP contribution is 2.36. The third-order valence-corrected chi connectivity index (χ3v) is 4.87. The molecule has 1 heterocycles. The second-order valence-electron chi connectivity index (χ2n) is 5.34. The molecule has 3 atom stereocenters. The Labute approximate surface area is 140 Å². The van der Waals surface area contributed by atoms with Gasteiger partial charge in [-0.3, -0.25) is 0 Å². The van der Waals surface area contributed by atoms with Gasteiger partial charge in [0.25, 0.3) is 5.22 Å². The maximum absolute atomic E-state index is 10.8. The van der Waals surface area contributed by atoms with Crippen LogP contribution < -0.4 is 0 Å². The Morgan fingerprint density at radius 3 is 2.54 bits per heavy atom. The number of carboxylic acid groups (broad SMARTS) is 2. The van der Waals surface area contributed by atoms with Gasteiger partial charge in [0, 0.05) is 11.7 Å². The van der Waals surface area contributed by atoms with Crippen LogP contribution in [0.5, 0.6) is 0 Å². The zero-order valence-corrected chi connectivity index (χ0v) is 13.3. The van der Waals surface area contributed by atoms with Crippen LogP contribution in [0.15, 0.2) is 33.9 Å². The Kier molecular flexibility index (Phi) is 4.79. The monoisotopic (exact) mass is 353 g/mol. The minimum atomic E-state index is -1.45. The van der Waals surface area contributed by atoms with Crippen LogP contribution in [0.25, 0.3) is 11.1 Å². The minimum Gasteiger partial charge on any atom is -0.450 e. The number of para-hydroxylation sites is 2. The van der Waals surface area contributed by atoms with Crippen molar-refractivity contribution in [1.82, 2.24) is 4.98 Å². The number of hydrogen-bond donors (Lipinski definition) is 2. The SMILES string of the molecule is O=C(O)OC1CCC(Sc2nc3ccccc3o2)CC1OC(=O)O. The molecule has 0 amide bonds. The van der Waals surface area contributed by atoms with Crippen LogP contribution in [0, 0.1) is 0 Å². The number of oxazole rings is 1. The molecule has 2 N–H and O–H groups in total. The Bertz CT molecular complexity index is 713. The predicted octanol–water partition coefficient (Wildman–Crippen LogP) is 3.60. The van der Waals surface area contributed by atoms with Gasteiger partial charge >= 0.3 is 12.3 Å². The molecule has 0 bridgehead atoms. The van der Waals surface area contributed by atoms with E-state index in [1.807, 2.05) is 24.3 Å². The van der Waals surface area contributed by atoms with Crippen LogP contribution in [0.4, 0.5) is 9.59 Å². The minimum absolute atomic E-state index is 0.00365. The van der Waals surface area contributed by atoms with Gasteiger partial charge in [0.15, 0.2) is 5.58 Å². The summed E-state index contributed by atoms with van der Waals surface area (Å²) in [6.07, 6.45) is -3.18. The van der Waals surface area contributed by atoms with E-state index in [0.717, 1.165) is 5.52 Å². The fourth-order valence-corrected chi connectivity index (χ4v) is 3.85. The summed E-state index contributed by atoms with van der Waals surface area (Å²) in [6.45, 7) is 0. The third-order valence-electron chi connectivity index (χ3n) is 3.73. The molecule has 9 heteroatoms. The van der Waals surface area contributed by atoms with E-state index in [9.17, 15) is 9.59 Å². The van der Waals surface area contributed by atoms with E-state index in [-0.39, 0.29) is 5.25 Å². The van der Waals surface area contributed by atoms with Crippen LogP contribution in [0.3, 0.4) is 0 Å². The molecule has 0 radical (unpaired) electrons. The number of hydrogen-bond acceptors (Lipinski definition) is 7. The standard InChI is InChI=1S/C15H15NO7S/c17-14(18)22-11-6-5-8(7-12(11)23-15(19)20)24-13-16-9-3-1-2-4-10(9)21-13/h1-4,8,11-12H,5-7H2,(H,17,18)(H,19,20). The molecule has 128 valence electrons. The molecule has 1 aliphatic carbocycles. The fourth-order valence-electron chi connectivity index (χ4n) is 2.73. The lowest BCUT2D eigenvalue weighted by Crippen LogP contribution is -2.41. The normalized spacial score (nSPS) is 23.8. The number of ether oxygens (including phenoxy) is 2. The van der Waals surface area contributed by atoms with Crippen LogP contribution in [0.1, 0.15) is 19.3 Å². The Balaban J connectivity index is 1.68. The van der Waals surface area contributed by atoms with E-state index in [1.165, 1.54) is 11.8 Å². The molecule has 8 nitrogen and oxygen atoms in total. The highest BCUT2D eigenvalue weighted by Gasteiger charge is 2.37. The molecule has 24 heavy (non-hydrogen) atoms. The molecule has 1 saturated carbocycles. The van der Waals surface area contributed by atoms with Gasteiger partial charge in [-0.25, -0.2) is 14.6 Å². The number of aromatic nitrogens is 1. The zero-order valence-electron chi connectivity index (χ0n) is 12.5. The first-order valence-electron chi connectivity index (χ1n) is 7.32. The van der Waals surface area contributed by atoms with Gasteiger partial charge < -0.3 is 24.1 Å². The van der Waals surface area contributed by atoms with Gasteiger partial charge in [0.2, 0.25) is 0 Å². The van der Waals surface area contributed by atoms with Gasteiger partial charge in [-0.15, -0.1) is 0 Å². The number of fused-ring (bicyclic) bond motifs is 1. The van der Waals surface area contributed by atoms with Gasteiger partial charge in [0.05, 0.1) is 0 Å². The van der Waals surface area contributed by atoms with Crippen molar-refractivity contribution in [1.29, 1.82) is 0 Å². The molecule has 0 spiro atoms. The predicted molar refractivity (Wildman–Crippen MR) is 83.3 cm³/mol. The molecule has 0 saturated heterocycles. The molecule has 2 aromatic rings. The van der Waals surface area contributed by atoms with E-state index in [0.29, 0.717) is 30.1 Å². The van der Waals surface area contributed by atoms with Crippen molar-refractivity contribution >= 4 is 35.2 Å². The summed E-state index contributed by atoms with van der Waals surface area (Å²) < 4.78 is 15.2. The molecule has 1 fully saturated rings. The van der Waals surface area contributed by atoms with E-state index in [4.69, 9.17) is 24.1 Å². The van der Waals surface area contributed by atoms with Gasteiger partial charge in [0.1, 0.15) is 17.7 Å². The average Bonchev–Trinajstić information content (AvgIpc) is 2.91. The van der Waals surface area contributed by atoms with Crippen LogP contribution in [-0.2, 0) is 9.47 Å². The smallest absolute Gasteiger partial charge is 0.450 e. The van der Waals surface area contributed by atoms with Crippen LogP contribution in [-0.4, -0.2) is 45.0 Å². The highest BCUT2D eigenvalue weighted by atomic mass is 32.2. The summed E-state index contributed by atoms with van der Waals surface area (Å²) in [7, 11) is 0. The number of nitrogens with zero attached hydrogens (tertiary/aromatic N) is 1. The molecule has 3 rings (SSSR count). The first kappa shape index (κ1) is 16.4. The number of carbonyl (C=O) groups is 2. The lowest BCUT2D eigenvalue weighted by atomic mass is 9.94. The molecule has 0 aliphatic heterocycles. The Morgan fingerprint density at radius 2 is 1.83 bits per heavy atom. The van der Waals surface area contributed by atoms with E-state index < -0.39 is 24.5 Å². The van der Waals surface area contributed by atoms with E-state index >= 15 is 0 Å². The molecular weight excluding hydrogens is 338 g/mol. The van der Waals surface area contributed by atoms with Gasteiger partial charge in [-0.1, -0.05) is 23.9 Å². The molecule has 3 unspecified atom stereocenters. The largest absolute Gasteiger partial charge is 0.506 e. The number of rotatable bonds is 4. The topological polar surface area (TPSA) is 119 Å². The quantitative estimate of drug-likeness (QED) is 0.794. The molecule has 1 aromatic carbocycles. The fraction of sp³-hybridized carbons (Fsp3) is 0.400. The van der Waals surface area contributed by atoms with Crippen molar-refractivity contribution in [2.45, 2.75) is 41.9 Å². The molecular formula is C15H15NO7S. The number of benzene rings is 1. The van der Waals surface area contributed by atoms with Crippen molar-refractivity contribution in [2.24, 2.45) is 0 Å². The second-order valence-corrected chi connectivity index (χ2v) is 6.60. The lowest BCUT2D eigenvalue weighted by Gasteiger charge is -2.32. The van der Waals surface area contributed by atoms with Crippen molar-refractivity contribution in [3.63, 3.8) is 0 Å². The summed E-state index contributed by atoms with van der Waals surface area (Å²) in [5.41, 5.74) is 1.43. The maximum Gasteiger partial charge on any atom is 0.506 e. The summed E-state index contributed by atoms with van der Waals surface area (Å²) >= 11 is 1.39. The summed E-state index contributed by atoms with van der Waals surface area (Å²) in [6, 6.07) is 7.38. The highest BCUT2D eigenvalue weighted by molar-refractivity contribution is 7.99. The van der Waals surface area contributed by atoms with Crippen molar-refractivity contribution in [3.05, 3.63) is 24.3 Å². The lowest BCUT2D eigenvalue weighted by molar-refractivity contribution is -0.0564. The van der Waals surface area contributed by atoms with Crippen molar-refractivity contribution < 1.29 is 33.7 Å². The zero-order chi connectivity index (χ0) is 17.1. The van der Waals surface area contributed by atoms with Crippen molar-refractivity contribution in [3.8, 4) is 0 Å². The van der Waals surface area contributed by atoms with Crippen LogP contribution >= 0.6 is 11.8 Å². The number of thioether (sulfide) groups is 1. The summed E-state index contributed by atoms with van der Waals surface area (Å²) in [5, 5.41) is 18.1. The maximum atomic E-state index is 10.8. The van der Waals surface area contributed by atoms with E-state index in [2.05, 4.69) is 4.98 Å². The average molecular weight is 353 g/mol. The second kappa shape index (κ2) is 7.00. The van der Waals surface area contributed by atoms with Gasteiger partial charge in [-0.2, -0.15) is 0 Å². The Hall–Kier alpha value is -2.42.